The van der Waals surface area contributed by atoms with Crippen molar-refractivity contribution in [2.24, 2.45) is 10.8 Å². The van der Waals surface area contributed by atoms with Crippen LogP contribution in [0.25, 0.3) is 0 Å². The average Bonchev–Trinajstić information content (AvgIpc) is 3.27. The molecule has 0 amide bonds. The number of carbonyl (C=O) groups is 2. The van der Waals surface area contributed by atoms with Crippen molar-refractivity contribution in [3.8, 4) is 0 Å². The Kier molecular flexibility index (Phi) is 3.20. The molecule has 1 unspecified atom stereocenters. The molecule has 0 aromatic rings. The zero-order valence-corrected chi connectivity index (χ0v) is 14.6. The number of hydrogen-bond donors (Lipinski definition) is 0. The van der Waals surface area contributed by atoms with Gasteiger partial charge in [-0.2, -0.15) is 0 Å². The minimum atomic E-state index is -0.450. The Morgan fingerprint density at radius 2 is 2.12 bits per heavy atom. The largest absolute Gasteiger partial charge is 0.458 e. The number of ether oxygens (including phenoxy) is 3. The predicted molar refractivity (Wildman–Crippen MR) is 86.3 cm³/mol. The number of fused-ring (bicyclic) bond motifs is 2. The fourth-order valence-electron chi connectivity index (χ4n) is 5.21. The summed E-state index contributed by atoms with van der Waals surface area (Å²) in [5.41, 5.74) is -0.569. The molecule has 5 nitrogen and oxygen atoms in total. The van der Waals surface area contributed by atoms with Crippen LogP contribution in [-0.2, 0) is 23.8 Å². The second-order valence-electron chi connectivity index (χ2n) is 7.95. The number of esters is 1. The van der Waals surface area contributed by atoms with E-state index >= 15 is 0 Å². The number of allylic oxidation sites excluding steroid dienone is 2. The molecule has 0 aromatic carbocycles. The molecule has 4 rings (SSSR count). The fourth-order valence-corrected chi connectivity index (χ4v) is 5.21. The van der Waals surface area contributed by atoms with E-state index in [-0.39, 0.29) is 30.1 Å². The Morgan fingerprint density at radius 1 is 1.42 bits per heavy atom. The third-order valence-corrected chi connectivity index (χ3v) is 6.98. The number of rotatable bonds is 2. The summed E-state index contributed by atoms with van der Waals surface area (Å²) in [5, 5.41) is 0. The number of ketones is 1. The van der Waals surface area contributed by atoms with E-state index in [2.05, 4.69) is 13.8 Å². The summed E-state index contributed by atoms with van der Waals surface area (Å²) < 4.78 is 18.1. The van der Waals surface area contributed by atoms with Crippen molar-refractivity contribution in [1.29, 1.82) is 0 Å². The lowest BCUT2D eigenvalue weighted by molar-refractivity contribution is -0.208. The molecule has 6 atom stereocenters. The quantitative estimate of drug-likeness (QED) is 0.441. The van der Waals surface area contributed by atoms with Crippen molar-refractivity contribution >= 4 is 11.8 Å². The molecule has 2 bridgehead atoms. The summed E-state index contributed by atoms with van der Waals surface area (Å²) in [6.45, 7) is 8.43. The zero-order chi connectivity index (χ0) is 17.3. The zero-order valence-electron chi connectivity index (χ0n) is 14.6. The Balaban J connectivity index is 1.78. The maximum Gasteiger partial charge on any atom is 0.330 e. The van der Waals surface area contributed by atoms with Gasteiger partial charge in [0.25, 0.3) is 0 Å². The number of Topliss-reactive ketones (excluding diaryl/α,β-unsaturated/α-hetero) is 1. The van der Waals surface area contributed by atoms with Crippen molar-refractivity contribution in [2.75, 3.05) is 6.61 Å². The highest BCUT2D eigenvalue weighted by Crippen LogP contribution is 2.71. The first-order valence-corrected chi connectivity index (χ1v) is 8.63. The third-order valence-electron chi connectivity index (χ3n) is 6.98. The highest BCUT2D eigenvalue weighted by molar-refractivity contribution is 5.96. The first-order valence-electron chi connectivity index (χ1n) is 8.63. The molecule has 2 aliphatic carbocycles. The van der Waals surface area contributed by atoms with Gasteiger partial charge >= 0.3 is 5.97 Å². The van der Waals surface area contributed by atoms with Crippen molar-refractivity contribution in [3.63, 3.8) is 0 Å². The molecule has 0 radical (unpaired) electrons. The van der Waals surface area contributed by atoms with E-state index < -0.39 is 16.4 Å². The van der Waals surface area contributed by atoms with E-state index in [0.29, 0.717) is 19.4 Å². The first kappa shape index (κ1) is 16.0. The van der Waals surface area contributed by atoms with Crippen molar-refractivity contribution in [2.45, 2.75) is 64.4 Å². The molecule has 1 saturated carbocycles. The molecule has 2 heterocycles. The first-order chi connectivity index (χ1) is 11.3. The number of hydrogen-bond acceptors (Lipinski definition) is 5. The third kappa shape index (κ3) is 1.72. The summed E-state index contributed by atoms with van der Waals surface area (Å²) in [6.07, 6.45) is 5.51. The summed E-state index contributed by atoms with van der Waals surface area (Å²) in [4.78, 5) is 24.5. The second kappa shape index (κ2) is 4.79. The van der Waals surface area contributed by atoms with Crippen LogP contribution >= 0.6 is 0 Å². The van der Waals surface area contributed by atoms with Gasteiger partial charge in [-0.15, -0.1) is 0 Å². The Labute approximate surface area is 142 Å². The van der Waals surface area contributed by atoms with Crippen LogP contribution in [0, 0.1) is 10.8 Å². The van der Waals surface area contributed by atoms with Gasteiger partial charge in [-0.1, -0.05) is 19.9 Å². The fraction of sp³-hybridized carbons (Fsp3) is 0.684. The van der Waals surface area contributed by atoms with E-state index in [1.807, 2.05) is 13.0 Å². The smallest absolute Gasteiger partial charge is 0.330 e. The minimum absolute atomic E-state index is 0.0961. The second-order valence-corrected chi connectivity index (χ2v) is 7.95. The van der Waals surface area contributed by atoms with Crippen LogP contribution in [0.2, 0.25) is 0 Å². The Morgan fingerprint density at radius 3 is 2.75 bits per heavy atom. The van der Waals surface area contributed by atoms with Gasteiger partial charge in [-0.25, -0.2) is 4.79 Å². The van der Waals surface area contributed by atoms with Gasteiger partial charge < -0.3 is 14.2 Å². The van der Waals surface area contributed by atoms with Crippen LogP contribution in [0.5, 0.6) is 0 Å². The lowest BCUT2D eigenvalue weighted by atomic mass is 9.52. The van der Waals surface area contributed by atoms with Crippen LogP contribution in [0.15, 0.2) is 23.8 Å². The number of epoxide rings is 1. The molecule has 5 heteroatoms. The van der Waals surface area contributed by atoms with Gasteiger partial charge in [0, 0.05) is 29.7 Å². The lowest BCUT2D eigenvalue weighted by Gasteiger charge is -2.56. The van der Waals surface area contributed by atoms with E-state index in [9.17, 15) is 9.59 Å². The highest BCUT2D eigenvalue weighted by Gasteiger charge is 2.82. The Hall–Kier alpha value is -1.46. The molecule has 4 aliphatic rings. The molecule has 2 aliphatic heterocycles. The maximum absolute atomic E-state index is 12.5. The van der Waals surface area contributed by atoms with Crippen molar-refractivity contribution < 1.29 is 23.8 Å². The van der Waals surface area contributed by atoms with Crippen LogP contribution in [-0.4, -0.2) is 42.3 Å². The van der Waals surface area contributed by atoms with Crippen LogP contribution in [0.1, 0.15) is 40.5 Å². The van der Waals surface area contributed by atoms with Crippen LogP contribution < -0.4 is 0 Å². The predicted octanol–water partition coefficient (Wildman–Crippen LogP) is 2.35. The summed E-state index contributed by atoms with van der Waals surface area (Å²) >= 11 is 0. The van der Waals surface area contributed by atoms with Gasteiger partial charge in [0.15, 0.2) is 5.78 Å². The lowest BCUT2D eigenvalue weighted by Crippen LogP contribution is -2.64. The monoisotopic (exact) mass is 332 g/mol. The molecule has 0 N–H and O–H groups in total. The minimum Gasteiger partial charge on any atom is -0.458 e. The van der Waals surface area contributed by atoms with Crippen LogP contribution in [0.4, 0.5) is 0 Å². The van der Waals surface area contributed by atoms with Gasteiger partial charge in [0.1, 0.15) is 11.7 Å². The summed E-state index contributed by atoms with van der Waals surface area (Å²) in [7, 11) is 0. The molecular formula is C19H24O5. The number of carbonyl (C=O) groups excluding carboxylic acids is 2. The summed E-state index contributed by atoms with van der Waals surface area (Å²) in [5.74, 6) is -0.209. The maximum atomic E-state index is 12.5. The van der Waals surface area contributed by atoms with E-state index in [1.54, 1.807) is 13.0 Å². The summed E-state index contributed by atoms with van der Waals surface area (Å²) in [6, 6.07) is 0. The highest BCUT2D eigenvalue weighted by atomic mass is 16.6. The van der Waals surface area contributed by atoms with Gasteiger partial charge in [-0.3, -0.25) is 4.79 Å². The average molecular weight is 332 g/mol. The molecule has 1 spiro atoms. The molecule has 24 heavy (non-hydrogen) atoms. The van der Waals surface area contributed by atoms with Crippen molar-refractivity contribution in [3.05, 3.63) is 23.8 Å². The molecule has 2 saturated heterocycles. The van der Waals surface area contributed by atoms with E-state index in [1.165, 1.54) is 6.08 Å². The topological polar surface area (TPSA) is 65.1 Å². The van der Waals surface area contributed by atoms with E-state index in [0.717, 1.165) is 5.57 Å². The standard InChI is InChI=1S/C19H24O5/c1-5-6-16(21)24-14-8-15-19(10-22-19)18(14,4)17(3)9-12(20)11(2)7-13(17)23-15/h5-7,13-15H,8-10H2,1-4H3/b6-5+/t13-,14?,15-,17+,18-,19+/m1/s1. The molecule has 3 fully saturated rings. The Bertz CT molecular complexity index is 673. The van der Waals surface area contributed by atoms with E-state index in [4.69, 9.17) is 14.2 Å². The van der Waals surface area contributed by atoms with Gasteiger partial charge in [0.05, 0.1) is 18.8 Å². The molecular weight excluding hydrogens is 308 g/mol. The molecule has 0 aromatic heterocycles. The molecule has 130 valence electrons. The normalized spacial score (nSPS) is 49.2. The van der Waals surface area contributed by atoms with Crippen molar-refractivity contribution in [1.82, 2.24) is 0 Å². The van der Waals surface area contributed by atoms with Crippen LogP contribution in [0.3, 0.4) is 0 Å². The SMILES string of the molecule is C/C=C/C(=O)OC1C[C@H]2O[C@@H]3C=C(C)C(=O)C[C@]3(C)[C@]1(C)[C@]21CO1. The van der Waals surface area contributed by atoms with Gasteiger partial charge in [0.2, 0.25) is 0 Å². The van der Waals surface area contributed by atoms with Gasteiger partial charge in [-0.05, 0) is 25.5 Å².